The predicted molar refractivity (Wildman–Crippen MR) is 77.5 cm³/mol. The average Bonchev–Trinajstić information content (AvgIpc) is 2.38. The molecule has 1 rings (SSSR count). The highest BCUT2D eigenvalue weighted by Gasteiger charge is 2.10. The van der Waals surface area contributed by atoms with Gasteiger partial charge in [-0.25, -0.2) is 0 Å². The zero-order chi connectivity index (χ0) is 13.5. The maximum absolute atomic E-state index is 8.80. The van der Waals surface area contributed by atoms with Gasteiger partial charge in [-0.2, -0.15) is 5.26 Å². The van der Waals surface area contributed by atoms with Crippen molar-refractivity contribution >= 4 is 11.4 Å². The van der Waals surface area contributed by atoms with Gasteiger partial charge in [-0.1, -0.05) is 20.3 Å². The van der Waals surface area contributed by atoms with E-state index in [1.54, 1.807) is 0 Å². The van der Waals surface area contributed by atoms with Gasteiger partial charge in [-0.15, -0.1) is 0 Å². The van der Waals surface area contributed by atoms with E-state index in [0.29, 0.717) is 18.0 Å². The SMILES string of the molecule is CCC(C)CN(CC)c1ccc(N)c(CC#N)c1. The molecule has 0 aromatic heterocycles. The van der Waals surface area contributed by atoms with E-state index in [0.717, 1.165) is 24.3 Å². The molecular formula is C15H23N3. The lowest BCUT2D eigenvalue weighted by atomic mass is 10.1. The fraction of sp³-hybridized carbons (Fsp3) is 0.533. The number of nitrogens with zero attached hydrogens (tertiary/aromatic N) is 2. The molecule has 3 nitrogen and oxygen atoms in total. The second kappa shape index (κ2) is 6.90. The van der Waals surface area contributed by atoms with Crippen LogP contribution in [0.5, 0.6) is 0 Å². The van der Waals surface area contributed by atoms with Crippen molar-refractivity contribution in [3.05, 3.63) is 23.8 Å². The van der Waals surface area contributed by atoms with E-state index < -0.39 is 0 Å². The molecule has 0 saturated heterocycles. The molecule has 1 atom stereocenters. The first-order valence-electron chi connectivity index (χ1n) is 6.62. The Morgan fingerprint density at radius 3 is 2.67 bits per heavy atom. The highest BCUT2D eigenvalue weighted by molar-refractivity contribution is 5.59. The maximum Gasteiger partial charge on any atom is 0.0670 e. The third kappa shape index (κ3) is 3.66. The first kappa shape index (κ1) is 14.4. The van der Waals surface area contributed by atoms with E-state index in [1.165, 1.54) is 6.42 Å². The molecule has 0 radical (unpaired) electrons. The van der Waals surface area contributed by atoms with Crippen LogP contribution in [0.1, 0.15) is 32.8 Å². The third-order valence-electron chi connectivity index (χ3n) is 3.37. The predicted octanol–water partition coefficient (Wildman–Crippen LogP) is 3.21. The molecule has 0 fully saturated rings. The lowest BCUT2D eigenvalue weighted by Crippen LogP contribution is -2.28. The second-order valence-electron chi connectivity index (χ2n) is 4.77. The Bertz CT molecular complexity index is 420. The minimum atomic E-state index is 0.376. The van der Waals surface area contributed by atoms with Crippen LogP contribution in [0.25, 0.3) is 0 Å². The van der Waals surface area contributed by atoms with E-state index in [2.05, 4.69) is 31.7 Å². The van der Waals surface area contributed by atoms with E-state index in [1.807, 2.05) is 18.2 Å². The van der Waals surface area contributed by atoms with Gasteiger partial charge >= 0.3 is 0 Å². The van der Waals surface area contributed by atoms with Gasteiger partial charge in [0.1, 0.15) is 0 Å². The Morgan fingerprint density at radius 2 is 2.11 bits per heavy atom. The smallest absolute Gasteiger partial charge is 0.0670 e. The Morgan fingerprint density at radius 1 is 1.39 bits per heavy atom. The van der Waals surface area contributed by atoms with Crippen LogP contribution in [0.4, 0.5) is 11.4 Å². The van der Waals surface area contributed by atoms with Gasteiger partial charge in [0.25, 0.3) is 0 Å². The fourth-order valence-electron chi connectivity index (χ4n) is 1.95. The summed E-state index contributed by atoms with van der Waals surface area (Å²) in [5.41, 5.74) is 8.68. The summed E-state index contributed by atoms with van der Waals surface area (Å²) < 4.78 is 0. The molecule has 98 valence electrons. The van der Waals surface area contributed by atoms with Crippen LogP contribution in [0.2, 0.25) is 0 Å². The summed E-state index contributed by atoms with van der Waals surface area (Å²) in [6.07, 6.45) is 1.55. The van der Waals surface area contributed by atoms with Gasteiger partial charge in [0.15, 0.2) is 0 Å². The molecule has 0 amide bonds. The van der Waals surface area contributed by atoms with Gasteiger partial charge in [0, 0.05) is 24.5 Å². The Hall–Kier alpha value is -1.69. The largest absolute Gasteiger partial charge is 0.398 e. The molecule has 0 aliphatic carbocycles. The molecule has 0 bridgehead atoms. The fourth-order valence-corrected chi connectivity index (χ4v) is 1.95. The van der Waals surface area contributed by atoms with Gasteiger partial charge in [-0.3, -0.25) is 0 Å². The van der Waals surface area contributed by atoms with Crippen molar-refractivity contribution in [3.63, 3.8) is 0 Å². The standard InChI is InChI=1S/C15H23N3/c1-4-12(3)11-18(5-2)14-6-7-15(17)13(10-14)8-9-16/h6-7,10,12H,4-5,8,11,17H2,1-3H3. The molecule has 18 heavy (non-hydrogen) atoms. The van der Waals surface area contributed by atoms with Gasteiger partial charge < -0.3 is 10.6 Å². The molecule has 0 aliphatic heterocycles. The van der Waals surface area contributed by atoms with Crippen LogP contribution < -0.4 is 10.6 Å². The quantitative estimate of drug-likeness (QED) is 0.783. The second-order valence-corrected chi connectivity index (χ2v) is 4.77. The molecule has 0 aliphatic rings. The van der Waals surface area contributed by atoms with Crippen molar-refractivity contribution in [2.75, 3.05) is 23.7 Å². The summed E-state index contributed by atoms with van der Waals surface area (Å²) in [6.45, 7) is 8.64. The number of nitriles is 1. The van der Waals surface area contributed by atoms with Crippen molar-refractivity contribution in [1.82, 2.24) is 0 Å². The highest BCUT2D eigenvalue weighted by Crippen LogP contribution is 2.22. The monoisotopic (exact) mass is 245 g/mol. The number of nitrogen functional groups attached to an aromatic ring is 1. The van der Waals surface area contributed by atoms with Crippen LogP contribution in [0.3, 0.4) is 0 Å². The lowest BCUT2D eigenvalue weighted by Gasteiger charge is -2.26. The van der Waals surface area contributed by atoms with E-state index in [-0.39, 0.29) is 0 Å². The Balaban J connectivity index is 2.92. The lowest BCUT2D eigenvalue weighted by molar-refractivity contribution is 0.548. The van der Waals surface area contributed by atoms with Crippen LogP contribution >= 0.6 is 0 Å². The average molecular weight is 245 g/mol. The molecule has 0 heterocycles. The zero-order valence-electron chi connectivity index (χ0n) is 11.6. The summed E-state index contributed by atoms with van der Waals surface area (Å²) in [5, 5.41) is 8.80. The zero-order valence-corrected chi connectivity index (χ0v) is 11.6. The molecule has 0 saturated carbocycles. The van der Waals surface area contributed by atoms with Crippen LogP contribution in [0, 0.1) is 17.2 Å². The number of nitrogens with two attached hydrogens (primary N) is 1. The molecular weight excluding hydrogens is 222 g/mol. The van der Waals surface area contributed by atoms with E-state index in [9.17, 15) is 0 Å². The summed E-state index contributed by atoms with van der Waals surface area (Å²) >= 11 is 0. The van der Waals surface area contributed by atoms with Crippen molar-refractivity contribution < 1.29 is 0 Å². The number of benzene rings is 1. The first-order chi connectivity index (χ1) is 8.62. The molecule has 1 aromatic carbocycles. The number of hydrogen-bond donors (Lipinski definition) is 1. The van der Waals surface area contributed by atoms with Gasteiger partial charge in [0.2, 0.25) is 0 Å². The first-order valence-corrected chi connectivity index (χ1v) is 6.62. The summed E-state index contributed by atoms with van der Waals surface area (Å²) in [6, 6.07) is 8.16. The summed E-state index contributed by atoms with van der Waals surface area (Å²) in [5.74, 6) is 0.668. The number of hydrogen-bond acceptors (Lipinski definition) is 3. The molecule has 1 unspecified atom stereocenters. The molecule has 0 spiro atoms. The molecule has 3 heteroatoms. The van der Waals surface area contributed by atoms with Crippen LogP contribution in [-0.4, -0.2) is 13.1 Å². The van der Waals surface area contributed by atoms with Crippen molar-refractivity contribution in [3.8, 4) is 6.07 Å². The summed E-state index contributed by atoms with van der Waals surface area (Å²) in [4.78, 5) is 2.34. The third-order valence-corrected chi connectivity index (χ3v) is 3.37. The van der Waals surface area contributed by atoms with Gasteiger partial charge in [-0.05, 0) is 36.6 Å². The number of rotatable bonds is 6. The molecule has 1 aromatic rings. The Kier molecular flexibility index (Phi) is 5.51. The normalized spacial score (nSPS) is 11.9. The number of anilines is 2. The maximum atomic E-state index is 8.80. The van der Waals surface area contributed by atoms with E-state index >= 15 is 0 Å². The Labute approximate surface area is 110 Å². The van der Waals surface area contributed by atoms with E-state index in [4.69, 9.17) is 11.0 Å². The highest BCUT2D eigenvalue weighted by atomic mass is 15.1. The minimum Gasteiger partial charge on any atom is -0.398 e. The minimum absolute atomic E-state index is 0.376. The topological polar surface area (TPSA) is 53.0 Å². The van der Waals surface area contributed by atoms with Crippen molar-refractivity contribution in [2.24, 2.45) is 5.92 Å². The molecule has 2 N–H and O–H groups in total. The van der Waals surface area contributed by atoms with Crippen molar-refractivity contribution in [2.45, 2.75) is 33.6 Å². The van der Waals surface area contributed by atoms with Crippen molar-refractivity contribution in [1.29, 1.82) is 5.26 Å². The van der Waals surface area contributed by atoms with Crippen LogP contribution in [-0.2, 0) is 6.42 Å². The van der Waals surface area contributed by atoms with Gasteiger partial charge in [0.05, 0.1) is 12.5 Å². The van der Waals surface area contributed by atoms with Crippen LogP contribution in [0.15, 0.2) is 18.2 Å². The summed E-state index contributed by atoms with van der Waals surface area (Å²) in [7, 11) is 0.